The lowest BCUT2D eigenvalue weighted by atomic mass is 10.2. The van der Waals surface area contributed by atoms with E-state index in [0.29, 0.717) is 17.4 Å². The maximum Gasteiger partial charge on any atom is 0.311 e. The number of benzene rings is 1. The Labute approximate surface area is 124 Å². The van der Waals surface area contributed by atoms with Gasteiger partial charge >= 0.3 is 11.9 Å². The minimum atomic E-state index is -0.497. The summed E-state index contributed by atoms with van der Waals surface area (Å²) in [6, 6.07) is 5.14. The number of carbonyl (C=O) groups is 2. The van der Waals surface area contributed by atoms with Gasteiger partial charge in [-0.05, 0) is 31.0 Å². The lowest BCUT2D eigenvalue weighted by molar-refractivity contribution is -0.147. The molecule has 0 aliphatic carbocycles. The molecule has 0 saturated carbocycles. The van der Waals surface area contributed by atoms with E-state index in [-0.39, 0.29) is 18.8 Å². The van der Waals surface area contributed by atoms with Crippen LogP contribution >= 0.6 is 11.6 Å². The Hall–Kier alpha value is -1.55. The quantitative estimate of drug-likeness (QED) is 0.438. The first-order chi connectivity index (χ1) is 9.52. The maximum absolute atomic E-state index is 11.6. The van der Waals surface area contributed by atoms with Crippen molar-refractivity contribution in [2.45, 2.75) is 39.5 Å². The number of esters is 2. The molecular formula is C15H19ClO4. The zero-order valence-electron chi connectivity index (χ0n) is 11.8. The van der Waals surface area contributed by atoms with Gasteiger partial charge in [-0.3, -0.25) is 9.59 Å². The van der Waals surface area contributed by atoms with Crippen molar-refractivity contribution in [1.29, 1.82) is 0 Å². The third-order valence-corrected chi connectivity index (χ3v) is 2.90. The molecular weight excluding hydrogens is 280 g/mol. The highest BCUT2D eigenvalue weighted by Crippen LogP contribution is 2.25. The third kappa shape index (κ3) is 6.06. The van der Waals surface area contributed by atoms with Crippen molar-refractivity contribution in [3.8, 4) is 5.75 Å². The summed E-state index contributed by atoms with van der Waals surface area (Å²) in [5.41, 5.74) is 0.981. The summed E-state index contributed by atoms with van der Waals surface area (Å²) in [4.78, 5) is 22.9. The Morgan fingerprint density at radius 1 is 1.20 bits per heavy atom. The number of aryl methyl sites for hydroxylation is 1. The molecule has 1 aromatic carbocycles. The van der Waals surface area contributed by atoms with Gasteiger partial charge in [0.15, 0.2) is 0 Å². The molecule has 1 rings (SSSR count). The topological polar surface area (TPSA) is 52.6 Å². The van der Waals surface area contributed by atoms with E-state index in [0.717, 1.165) is 18.4 Å². The summed E-state index contributed by atoms with van der Waals surface area (Å²) in [7, 11) is 0. The van der Waals surface area contributed by atoms with E-state index >= 15 is 0 Å². The fraction of sp³-hybridized carbons (Fsp3) is 0.467. The molecule has 0 radical (unpaired) electrons. The van der Waals surface area contributed by atoms with Crippen molar-refractivity contribution in [2.75, 3.05) is 6.61 Å². The highest BCUT2D eigenvalue weighted by molar-refractivity contribution is 6.32. The second-order valence-corrected chi connectivity index (χ2v) is 4.89. The number of unbranched alkanes of at least 4 members (excludes halogenated alkanes) is 1. The Balaban J connectivity index is 2.34. The first-order valence-corrected chi connectivity index (χ1v) is 7.03. The van der Waals surface area contributed by atoms with Gasteiger partial charge in [0.1, 0.15) is 5.75 Å². The second-order valence-electron chi connectivity index (χ2n) is 4.48. The number of rotatable bonds is 7. The molecule has 0 saturated heterocycles. The Kier molecular flexibility index (Phi) is 7.09. The van der Waals surface area contributed by atoms with E-state index in [2.05, 4.69) is 0 Å². The van der Waals surface area contributed by atoms with Crippen LogP contribution in [-0.4, -0.2) is 18.5 Å². The summed E-state index contributed by atoms with van der Waals surface area (Å²) in [5, 5.41) is 0.379. The average molecular weight is 299 g/mol. The highest BCUT2D eigenvalue weighted by Gasteiger charge is 2.11. The van der Waals surface area contributed by atoms with Crippen LogP contribution in [0.5, 0.6) is 5.75 Å². The zero-order chi connectivity index (χ0) is 15.0. The predicted molar refractivity (Wildman–Crippen MR) is 76.9 cm³/mol. The van der Waals surface area contributed by atoms with Gasteiger partial charge in [0.25, 0.3) is 0 Å². The Morgan fingerprint density at radius 3 is 2.55 bits per heavy atom. The molecule has 20 heavy (non-hydrogen) atoms. The largest absolute Gasteiger partial charge is 0.466 e. The molecule has 0 N–H and O–H groups in total. The lowest BCUT2D eigenvalue weighted by Crippen LogP contribution is -2.13. The fourth-order valence-corrected chi connectivity index (χ4v) is 1.74. The highest BCUT2D eigenvalue weighted by atomic mass is 35.5. The Morgan fingerprint density at radius 2 is 1.90 bits per heavy atom. The van der Waals surface area contributed by atoms with Crippen molar-refractivity contribution in [3.63, 3.8) is 0 Å². The van der Waals surface area contributed by atoms with E-state index in [4.69, 9.17) is 21.1 Å². The lowest BCUT2D eigenvalue weighted by Gasteiger charge is -2.07. The monoisotopic (exact) mass is 298 g/mol. The van der Waals surface area contributed by atoms with Crippen LogP contribution in [0.2, 0.25) is 5.02 Å². The molecule has 0 aliphatic rings. The van der Waals surface area contributed by atoms with Gasteiger partial charge in [0.05, 0.1) is 24.5 Å². The van der Waals surface area contributed by atoms with E-state index in [1.54, 1.807) is 18.2 Å². The molecule has 0 aliphatic heterocycles. The first kappa shape index (κ1) is 16.5. The van der Waals surface area contributed by atoms with E-state index in [1.807, 2.05) is 13.8 Å². The molecule has 5 heteroatoms. The SMILES string of the molecule is CCCCOC(=O)CCC(=O)Oc1ccc(C)cc1Cl. The van der Waals surface area contributed by atoms with Crippen LogP contribution < -0.4 is 4.74 Å². The van der Waals surface area contributed by atoms with Crippen molar-refractivity contribution < 1.29 is 19.1 Å². The molecule has 4 nitrogen and oxygen atoms in total. The van der Waals surface area contributed by atoms with Crippen LogP contribution in [0.4, 0.5) is 0 Å². The fourth-order valence-electron chi connectivity index (χ4n) is 1.47. The molecule has 0 spiro atoms. The van der Waals surface area contributed by atoms with Gasteiger partial charge in [0.2, 0.25) is 0 Å². The van der Waals surface area contributed by atoms with Crippen LogP contribution in [0.25, 0.3) is 0 Å². The van der Waals surface area contributed by atoms with Gasteiger partial charge in [-0.25, -0.2) is 0 Å². The average Bonchev–Trinajstić information content (AvgIpc) is 2.40. The number of carbonyl (C=O) groups excluding carboxylic acids is 2. The number of ether oxygens (including phenoxy) is 2. The van der Waals surface area contributed by atoms with Crippen LogP contribution in [0.15, 0.2) is 18.2 Å². The Bertz CT molecular complexity index is 471. The van der Waals surface area contributed by atoms with Gasteiger partial charge < -0.3 is 9.47 Å². The van der Waals surface area contributed by atoms with Crippen LogP contribution in [0.3, 0.4) is 0 Å². The van der Waals surface area contributed by atoms with Gasteiger partial charge in [-0.2, -0.15) is 0 Å². The molecule has 110 valence electrons. The van der Waals surface area contributed by atoms with E-state index in [1.165, 1.54) is 0 Å². The molecule has 0 fully saturated rings. The summed E-state index contributed by atoms with van der Waals surface area (Å²) in [6.45, 7) is 4.30. The molecule has 0 unspecified atom stereocenters. The molecule has 1 aromatic rings. The molecule has 0 atom stereocenters. The molecule has 0 heterocycles. The summed E-state index contributed by atoms with van der Waals surface area (Å²) in [6.07, 6.45) is 1.79. The normalized spacial score (nSPS) is 10.2. The van der Waals surface area contributed by atoms with E-state index < -0.39 is 5.97 Å². The van der Waals surface area contributed by atoms with Crippen molar-refractivity contribution >= 4 is 23.5 Å². The summed E-state index contributed by atoms with van der Waals surface area (Å²) >= 11 is 5.95. The van der Waals surface area contributed by atoms with E-state index in [9.17, 15) is 9.59 Å². The van der Waals surface area contributed by atoms with Crippen molar-refractivity contribution in [1.82, 2.24) is 0 Å². The molecule has 0 bridgehead atoms. The smallest absolute Gasteiger partial charge is 0.311 e. The molecule has 0 amide bonds. The van der Waals surface area contributed by atoms with Crippen molar-refractivity contribution in [3.05, 3.63) is 28.8 Å². The number of hydrogen-bond acceptors (Lipinski definition) is 4. The predicted octanol–water partition coefficient (Wildman–Crippen LogP) is 3.68. The minimum Gasteiger partial charge on any atom is -0.466 e. The van der Waals surface area contributed by atoms with Gasteiger partial charge in [-0.15, -0.1) is 0 Å². The zero-order valence-corrected chi connectivity index (χ0v) is 12.5. The summed E-state index contributed by atoms with van der Waals surface area (Å²) < 4.78 is 10.0. The minimum absolute atomic E-state index is 0.0187. The molecule has 0 aromatic heterocycles. The third-order valence-electron chi connectivity index (χ3n) is 2.61. The van der Waals surface area contributed by atoms with Crippen LogP contribution in [0, 0.1) is 6.92 Å². The van der Waals surface area contributed by atoms with Crippen LogP contribution in [-0.2, 0) is 14.3 Å². The van der Waals surface area contributed by atoms with Gasteiger partial charge in [-0.1, -0.05) is 31.0 Å². The van der Waals surface area contributed by atoms with Crippen LogP contribution in [0.1, 0.15) is 38.2 Å². The second kappa shape index (κ2) is 8.59. The van der Waals surface area contributed by atoms with Crippen molar-refractivity contribution in [2.24, 2.45) is 0 Å². The first-order valence-electron chi connectivity index (χ1n) is 6.65. The number of halogens is 1. The maximum atomic E-state index is 11.6. The standard InChI is InChI=1S/C15H19ClO4/c1-3-4-9-19-14(17)7-8-15(18)20-13-6-5-11(2)10-12(13)16/h5-6,10H,3-4,7-9H2,1-2H3. The van der Waals surface area contributed by atoms with Gasteiger partial charge in [0, 0.05) is 0 Å². The summed E-state index contributed by atoms with van der Waals surface area (Å²) in [5.74, 6) is -0.574. The number of hydrogen-bond donors (Lipinski definition) is 0.